The Morgan fingerprint density at radius 3 is 2.93 bits per heavy atom. The van der Waals surface area contributed by atoms with Crippen molar-refractivity contribution >= 4 is 17.7 Å². The first-order chi connectivity index (χ1) is 7.29. The average molecular weight is 220 g/mol. The third kappa shape index (κ3) is 3.30. The Hall–Kier alpha value is -1.47. The van der Waals surface area contributed by atoms with Gasteiger partial charge in [-0.25, -0.2) is 0 Å². The first kappa shape index (κ1) is 11.6. The Labute approximate surface area is 93.5 Å². The van der Waals surface area contributed by atoms with Crippen LogP contribution < -0.4 is 5.32 Å². The fraction of sp³-hybridized carbons (Fsp3) is 0.273. The second-order valence-electron chi connectivity index (χ2n) is 2.86. The van der Waals surface area contributed by atoms with E-state index in [1.165, 1.54) is 11.8 Å². The predicted molar refractivity (Wildman–Crippen MR) is 60.8 cm³/mol. The van der Waals surface area contributed by atoms with Gasteiger partial charge in [-0.3, -0.25) is 4.79 Å². The monoisotopic (exact) mass is 220 g/mol. The summed E-state index contributed by atoms with van der Waals surface area (Å²) in [4.78, 5) is 12.6. The van der Waals surface area contributed by atoms with Gasteiger partial charge in [0.1, 0.15) is 0 Å². The Bertz CT molecular complexity index is 384. The van der Waals surface area contributed by atoms with Crippen LogP contribution in [0.15, 0.2) is 29.2 Å². The highest BCUT2D eigenvalue weighted by atomic mass is 32.2. The molecule has 15 heavy (non-hydrogen) atoms. The van der Waals surface area contributed by atoms with Gasteiger partial charge in [0.25, 0.3) is 5.91 Å². The summed E-state index contributed by atoms with van der Waals surface area (Å²) >= 11 is 1.54. The lowest BCUT2D eigenvalue weighted by molar-refractivity contribution is 0.0951. The van der Waals surface area contributed by atoms with E-state index in [1.807, 2.05) is 30.5 Å². The fourth-order valence-corrected chi connectivity index (χ4v) is 1.75. The number of hydrogen-bond acceptors (Lipinski definition) is 3. The molecular formula is C11H12N2OS. The van der Waals surface area contributed by atoms with Gasteiger partial charge in [-0.1, -0.05) is 12.1 Å². The molecule has 0 aromatic heterocycles. The molecule has 78 valence electrons. The van der Waals surface area contributed by atoms with Crippen LogP contribution in [-0.2, 0) is 0 Å². The largest absolute Gasteiger partial charge is 0.351 e. The Balaban J connectivity index is 2.69. The molecule has 1 N–H and O–H groups in total. The second-order valence-corrected chi connectivity index (χ2v) is 3.71. The molecular weight excluding hydrogens is 208 g/mol. The third-order valence-electron chi connectivity index (χ3n) is 1.87. The van der Waals surface area contributed by atoms with E-state index in [9.17, 15) is 4.79 Å². The minimum Gasteiger partial charge on any atom is -0.351 e. The molecule has 1 rings (SSSR count). The van der Waals surface area contributed by atoms with Crippen molar-refractivity contribution in [3.8, 4) is 6.07 Å². The van der Waals surface area contributed by atoms with Crippen molar-refractivity contribution in [1.29, 1.82) is 5.26 Å². The van der Waals surface area contributed by atoms with Crippen molar-refractivity contribution in [3.63, 3.8) is 0 Å². The molecule has 0 heterocycles. The summed E-state index contributed by atoms with van der Waals surface area (Å²) in [6, 6.07) is 9.41. The molecule has 3 nitrogen and oxygen atoms in total. The quantitative estimate of drug-likeness (QED) is 0.624. The van der Waals surface area contributed by atoms with E-state index >= 15 is 0 Å². The summed E-state index contributed by atoms with van der Waals surface area (Å²) in [5.41, 5.74) is 0.669. The van der Waals surface area contributed by atoms with Crippen molar-refractivity contribution in [2.24, 2.45) is 0 Å². The van der Waals surface area contributed by atoms with Gasteiger partial charge in [0, 0.05) is 11.4 Å². The minimum atomic E-state index is -0.116. The summed E-state index contributed by atoms with van der Waals surface area (Å²) in [6.07, 6.45) is 2.27. The number of nitriles is 1. The number of amides is 1. The van der Waals surface area contributed by atoms with Crippen LogP contribution >= 0.6 is 11.8 Å². The highest BCUT2D eigenvalue weighted by molar-refractivity contribution is 7.98. The Morgan fingerprint density at radius 2 is 2.27 bits per heavy atom. The summed E-state index contributed by atoms with van der Waals surface area (Å²) < 4.78 is 0. The maximum Gasteiger partial charge on any atom is 0.252 e. The predicted octanol–water partition coefficient (Wildman–Crippen LogP) is 2.05. The highest BCUT2D eigenvalue weighted by Gasteiger charge is 2.08. The zero-order chi connectivity index (χ0) is 11.1. The van der Waals surface area contributed by atoms with Gasteiger partial charge in [-0.05, 0) is 18.4 Å². The van der Waals surface area contributed by atoms with E-state index in [-0.39, 0.29) is 5.91 Å². The number of nitrogens with zero attached hydrogens (tertiary/aromatic N) is 1. The van der Waals surface area contributed by atoms with E-state index in [1.54, 1.807) is 6.07 Å². The standard InChI is InChI=1S/C11H12N2OS/c1-15-10-6-3-2-5-9(10)11(14)13-8-4-7-12/h2-3,5-6H,4,8H2,1H3,(H,13,14). The number of thioether (sulfide) groups is 1. The van der Waals surface area contributed by atoms with Gasteiger partial charge >= 0.3 is 0 Å². The summed E-state index contributed by atoms with van der Waals surface area (Å²) in [5.74, 6) is -0.116. The first-order valence-corrected chi connectivity index (χ1v) is 5.80. The van der Waals surface area contributed by atoms with Gasteiger partial charge in [-0.2, -0.15) is 5.26 Å². The molecule has 0 bridgehead atoms. The molecule has 0 unspecified atom stereocenters. The summed E-state index contributed by atoms with van der Waals surface area (Å²) in [5, 5.41) is 11.0. The zero-order valence-electron chi connectivity index (χ0n) is 8.49. The van der Waals surface area contributed by atoms with Crippen molar-refractivity contribution in [1.82, 2.24) is 5.32 Å². The smallest absolute Gasteiger partial charge is 0.252 e. The lowest BCUT2D eigenvalue weighted by Gasteiger charge is -2.06. The molecule has 0 aliphatic carbocycles. The number of hydrogen-bond donors (Lipinski definition) is 1. The molecule has 0 saturated carbocycles. The van der Waals surface area contributed by atoms with E-state index in [0.29, 0.717) is 18.5 Å². The molecule has 1 aromatic rings. The second kappa shape index (κ2) is 6.10. The van der Waals surface area contributed by atoms with Crippen LogP contribution in [0.2, 0.25) is 0 Å². The summed E-state index contributed by atoms with van der Waals surface area (Å²) in [6.45, 7) is 0.401. The summed E-state index contributed by atoms with van der Waals surface area (Å²) in [7, 11) is 0. The number of benzene rings is 1. The van der Waals surface area contributed by atoms with Crippen molar-refractivity contribution in [2.45, 2.75) is 11.3 Å². The Kier molecular flexibility index (Phi) is 4.72. The van der Waals surface area contributed by atoms with Crippen LogP contribution in [0, 0.1) is 11.3 Å². The average Bonchev–Trinajstić information content (AvgIpc) is 2.29. The molecule has 1 aromatic carbocycles. The van der Waals surface area contributed by atoms with Crippen LogP contribution in [-0.4, -0.2) is 18.7 Å². The van der Waals surface area contributed by atoms with E-state index in [2.05, 4.69) is 5.32 Å². The van der Waals surface area contributed by atoms with Gasteiger partial charge in [0.05, 0.1) is 18.1 Å². The van der Waals surface area contributed by atoms with Gasteiger partial charge in [-0.15, -0.1) is 11.8 Å². The van der Waals surface area contributed by atoms with Crippen LogP contribution in [0.4, 0.5) is 0 Å². The number of rotatable bonds is 4. The van der Waals surface area contributed by atoms with Crippen LogP contribution in [0.1, 0.15) is 16.8 Å². The van der Waals surface area contributed by atoms with E-state index in [0.717, 1.165) is 4.90 Å². The lowest BCUT2D eigenvalue weighted by Crippen LogP contribution is -2.24. The molecule has 0 atom stereocenters. The lowest BCUT2D eigenvalue weighted by atomic mass is 10.2. The molecule has 0 aliphatic heterocycles. The van der Waals surface area contributed by atoms with Crippen LogP contribution in [0.3, 0.4) is 0 Å². The first-order valence-electron chi connectivity index (χ1n) is 4.57. The molecule has 0 spiro atoms. The molecule has 1 amide bonds. The highest BCUT2D eigenvalue weighted by Crippen LogP contribution is 2.19. The number of carbonyl (C=O) groups is 1. The van der Waals surface area contributed by atoms with Gasteiger partial charge in [0.2, 0.25) is 0 Å². The maximum atomic E-state index is 11.7. The van der Waals surface area contributed by atoms with Crippen molar-refractivity contribution in [3.05, 3.63) is 29.8 Å². The molecule has 0 saturated heterocycles. The molecule has 0 fully saturated rings. The van der Waals surface area contributed by atoms with Crippen LogP contribution in [0.25, 0.3) is 0 Å². The topological polar surface area (TPSA) is 52.9 Å². The molecule has 0 aliphatic rings. The van der Waals surface area contributed by atoms with Crippen molar-refractivity contribution in [2.75, 3.05) is 12.8 Å². The Morgan fingerprint density at radius 1 is 1.53 bits per heavy atom. The molecule has 4 heteroatoms. The third-order valence-corrected chi connectivity index (χ3v) is 2.67. The van der Waals surface area contributed by atoms with Crippen LogP contribution in [0.5, 0.6) is 0 Å². The van der Waals surface area contributed by atoms with E-state index < -0.39 is 0 Å². The molecule has 0 radical (unpaired) electrons. The maximum absolute atomic E-state index is 11.7. The zero-order valence-corrected chi connectivity index (χ0v) is 9.30. The minimum absolute atomic E-state index is 0.116. The normalized spacial score (nSPS) is 9.33. The van der Waals surface area contributed by atoms with Crippen molar-refractivity contribution < 1.29 is 4.79 Å². The van der Waals surface area contributed by atoms with E-state index in [4.69, 9.17) is 5.26 Å². The van der Waals surface area contributed by atoms with Gasteiger partial charge < -0.3 is 5.32 Å². The fourth-order valence-electron chi connectivity index (χ4n) is 1.16. The number of nitrogens with one attached hydrogen (secondary N) is 1. The SMILES string of the molecule is CSc1ccccc1C(=O)NCCC#N. The number of carbonyl (C=O) groups excluding carboxylic acids is 1. The van der Waals surface area contributed by atoms with Gasteiger partial charge in [0.15, 0.2) is 0 Å².